The second-order valence-electron chi connectivity index (χ2n) is 6.56. The van der Waals surface area contributed by atoms with Gasteiger partial charge < -0.3 is 9.84 Å². The molecule has 3 aromatic carbocycles. The van der Waals surface area contributed by atoms with Gasteiger partial charge in [-0.05, 0) is 48.4 Å². The van der Waals surface area contributed by atoms with Crippen molar-refractivity contribution in [3.63, 3.8) is 0 Å². The maximum atomic E-state index is 14.1. The van der Waals surface area contributed by atoms with Gasteiger partial charge in [0.05, 0.1) is 24.2 Å². The Labute approximate surface area is 160 Å². The van der Waals surface area contributed by atoms with E-state index in [1.165, 1.54) is 13.2 Å². The summed E-state index contributed by atoms with van der Waals surface area (Å²) in [6.45, 7) is 1.70. The Kier molecular flexibility index (Phi) is 4.57. The van der Waals surface area contributed by atoms with E-state index >= 15 is 0 Å². The Morgan fingerprint density at radius 1 is 1.07 bits per heavy atom. The van der Waals surface area contributed by atoms with Crippen LogP contribution in [-0.2, 0) is 0 Å². The van der Waals surface area contributed by atoms with Gasteiger partial charge in [-0.25, -0.2) is 13.8 Å². The average molecular weight is 380 g/mol. The molecule has 0 aliphatic heterocycles. The molecule has 0 bridgehead atoms. The molecule has 1 aromatic heterocycles. The molecule has 4 aromatic rings. The van der Waals surface area contributed by atoms with Crippen LogP contribution < -0.4 is 4.74 Å². The lowest BCUT2D eigenvalue weighted by Gasteiger charge is -2.12. The second kappa shape index (κ2) is 7.05. The lowest BCUT2D eigenvalue weighted by molar-refractivity contribution is 0.199. The maximum absolute atomic E-state index is 14.1. The lowest BCUT2D eigenvalue weighted by atomic mass is 10.0. The van der Waals surface area contributed by atoms with Gasteiger partial charge in [0.1, 0.15) is 12.1 Å². The molecule has 28 heavy (non-hydrogen) atoms. The fourth-order valence-electron chi connectivity index (χ4n) is 3.30. The van der Waals surface area contributed by atoms with Crippen LogP contribution in [0.15, 0.2) is 60.9 Å². The second-order valence-corrected chi connectivity index (χ2v) is 6.56. The summed E-state index contributed by atoms with van der Waals surface area (Å²) >= 11 is 0. The minimum absolute atomic E-state index is 0.00406. The first kappa shape index (κ1) is 18.1. The van der Waals surface area contributed by atoms with E-state index in [0.717, 1.165) is 28.4 Å². The molecule has 6 heteroatoms. The summed E-state index contributed by atoms with van der Waals surface area (Å²) in [5.74, 6) is -1.42. The molecule has 142 valence electrons. The highest BCUT2D eigenvalue weighted by atomic mass is 19.1. The Morgan fingerprint density at radius 2 is 1.89 bits per heavy atom. The normalized spacial score (nSPS) is 12.3. The number of fused-ring (bicyclic) bond motifs is 1. The van der Waals surface area contributed by atoms with Crippen molar-refractivity contribution in [2.45, 2.75) is 13.0 Å². The van der Waals surface area contributed by atoms with E-state index < -0.39 is 17.7 Å². The van der Waals surface area contributed by atoms with Crippen molar-refractivity contribution in [2.75, 3.05) is 7.11 Å². The summed E-state index contributed by atoms with van der Waals surface area (Å²) in [5.41, 5.74) is 4.14. The summed E-state index contributed by atoms with van der Waals surface area (Å²) in [7, 11) is 1.35. The largest absolute Gasteiger partial charge is 0.493 e. The Morgan fingerprint density at radius 3 is 2.64 bits per heavy atom. The Balaban J connectivity index is 1.84. The number of hydrogen-bond acceptors (Lipinski definition) is 3. The van der Waals surface area contributed by atoms with Crippen LogP contribution in [0, 0.1) is 11.6 Å². The third kappa shape index (κ3) is 3.12. The number of ether oxygens (including phenoxy) is 1. The quantitative estimate of drug-likeness (QED) is 0.540. The Bertz CT molecular complexity index is 1170. The molecule has 4 rings (SSSR count). The highest BCUT2D eigenvalue weighted by Gasteiger charge is 2.15. The number of hydrogen-bond donors (Lipinski definition) is 1. The molecule has 0 radical (unpaired) electrons. The highest BCUT2D eigenvalue weighted by Crippen LogP contribution is 2.34. The molecule has 1 heterocycles. The SMILES string of the molecule is COc1c(F)cc(F)cc1-c1cccc(-n2cnc3cc([C@H](C)O)ccc32)c1. The fourth-order valence-corrected chi connectivity index (χ4v) is 3.30. The fraction of sp³-hybridized carbons (Fsp3) is 0.136. The van der Waals surface area contributed by atoms with Crippen LogP contribution in [0.25, 0.3) is 27.8 Å². The smallest absolute Gasteiger partial charge is 0.168 e. The third-order valence-corrected chi connectivity index (χ3v) is 4.70. The van der Waals surface area contributed by atoms with Crippen molar-refractivity contribution >= 4 is 11.0 Å². The van der Waals surface area contributed by atoms with Crippen LogP contribution in [0.1, 0.15) is 18.6 Å². The van der Waals surface area contributed by atoms with E-state index in [9.17, 15) is 13.9 Å². The van der Waals surface area contributed by atoms with E-state index in [-0.39, 0.29) is 5.75 Å². The van der Waals surface area contributed by atoms with Crippen molar-refractivity contribution in [3.05, 3.63) is 78.1 Å². The van der Waals surface area contributed by atoms with Gasteiger partial charge in [-0.15, -0.1) is 0 Å². The van der Waals surface area contributed by atoms with E-state index in [0.29, 0.717) is 11.1 Å². The molecule has 0 unspecified atom stereocenters. The molecule has 1 atom stereocenters. The Hall–Kier alpha value is -3.25. The van der Waals surface area contributed by atoms with E-state index in [2.05, 4.69) is 4.98 Å². The first-order chi connectivity index (χ1) is 13.5. The summed E-state index contributed by atoms with van der Waals surface area (Å²) < 4.78 is 34.9. The molecule has 0 saturated heterocycles. The topological polar surface area (TPSA) is 47.3 Å². The summed E-state index contributed by atoms with van der Waals surface area (Å²) in [5, 5.41) is 9.76. The lowest BCUT2D eigenvalue weighted by Crippen LogP contribution is -1.96. The molecule has 0 aliphatic rings. The third-order valence-electron chi connectivity index (χ3n) is 4.70. The van der Waals surface area contributed by atoms with E-state index in [4.69, 9.17) is 4.74 Å². The summed E-state index contributed by atoms with van der Waals surface area (Å²) in [6, 6.07) is 14.9. The standard InChI is InChI=1S/C22H18F2N2O2/c1-13(27)14-6-7-21-20(9-14)25-12-26(21)17-5-3-4-15(8-17)18-10-16(23)11-19(24)22(18)28-2/h3-13,27H,1-2H3/t13-/m0/s1. The molecule has 4 nitrogen and oxygen atoms in total. The predicted molar refractivity (Wildman–Crippen MR) is 104 cm³/mol. The molecular weight excluding hydrogens is 362 g/mol. The van der Waals surface area contributed by atoms with Crippen molar-refractivity contribution in [2.24, 2.45) is 0 Å². The maximum Gasteiger partial charge on any atom is 0.168 e. The number of benzene rings is 3. The van der Waals surface area contributed by atoms with Gasteiger partial charge in [0.25, 0.3) is 0 Å². The molecule has 0 fully saturated rings. The number of aromatic nitrogens is 2. The first-order valence-corrected chi connectivity index (χ1v) is 8.77. The van der Waals surface area contributed by atoms with Crippen LogP contribution in [0.3, 0.4) is 0 Å². The highest BCUT2D eigenvalue weighted by molar-refractivity contribution is 5.79. The van der Waals surface area contributed by atoms with Crippen LogP contribution in [0.4, 0.5) is 8.78 Å². The van der Waals surface area contributed by atoms with Crippen LogP contribution >= 0.6 is 0 Å². The molecule has 0 spiro atoms. The number of methoxy groups -OCH3 is 1. The van der Waals surface area contributed by atoms with Crippen molar-refractivity contribution in [3.8, 4) is 22.6 Å². The number of aliphatic hydroxyl groups excluding tert-OH is 1. The molecule has 0 aliphatic carbocycles. The van der Waals surface area contributed by atoms with Crippen LogP contribution in [0.2, 0.25) is 0 Å². The zero-order valence-corrected chi connectivity index (χ0v) is 15.4. The monoisotopic (exact) mass is 380 g/mol. The van der Waals surface area contributed by atoms with E-state index in [1.807, 2.05) is 41.0 Å². The number of rotatable bonds is 4. The van der Waals surface area contributed by atoms with Crippen molar-refractivity contribution in [1.82, 2.24) is 9.55 Å². The minimum atomic E-state index is -0.748. The number of halogens is 2. The van der Waals surface area contributed by atoms with Gasteiger partial charge in [-0.2, -0.15) is 0 Å². The molecule has 0 amide bonds. The molecule has 1 N–H and O–H groups in total. The van der Waals surface area contributed by atoms with Gasteiger partial charge in [0.15, 0.2) is 11.6 Å². The van der Waals surface area contributed by atoms with Gasteiger partial charge in [-0.3, -0.25) is 4.57 Å². The molecule has 0 saturated carbocycles. The zero-order chi connectivity index (χ0) is 19.8. The summed E-state index contributed by atoms with van der Waals surface area (Å²) in [4.78, 5) is 4.41. The van der Waals surface area contributed by atoms with Crippen LogP contribution in [0.5, 0.6) is 5.75 Å². The van der Waals surface area contributed by atoms with E-state index in [1.54, 1.807) is 19.3 Å². The van der Waals surface area contributed by atoms with Gasteiger partial charge >= 0.3 is 0 Å². The van der Waals surface area contributed by atoms with Gasteiger partial charge in [0, 0.05) is 17.3 Å². The van der Waals surface area contributed by atoms with Crippen molar-refractivity contribution < 1.29 is 18.6 Å². The van der Waals surface area contributed by atoms with Gasteiger partial charge in [-0.1, -0.05) is 18.2 Å². The minimum Gasteiger partial charge on any atom is -0.493 e. The average Bonchev–Trinajstić information content (AvgIpc) is 3.10. The summed E-state index contributed by atoms with van der Waals surface area (Å²) in [6.07, 6.45) is 1.10. The van der Waals surface area contributed by atoms with Crippen molar-refractivity contribution in [1.29, 1.82) is 0 Å². The zero-order valence-electron chi connectivity index (χ0n) is 15.4. The number of imidazole rings is 1. The van der Waals surface area contributed by atoms with Gasteiger partial charge in [0.2, 0.25) is 0 Å². The first-order valence-electron chi connectivity index (χ1n) is 8.77. The predicted octanol–water partition coefficient (Wildman–Crippen LogP) is 5.03. The number of aliphatic hydroxyl groups is 1. The van der Waals surface area contributed by atoms with Crippen LogP contribution in [-0.4, -0.2) is 21.8 Å². The number of nitrogens with zero attached hydrogens (tertiary/aromatic N) is 2. The molecular formula is C22H18F2N2O2.